The zero-order valence-electron chi connectivity index (χ0n) is 5.27. The molecule has 0 fully saturated rings. The first-order chi connectivity index (χ1) is 3.55. The molecule has 8 heavy (non-hydrogen) atoms. The fraction of sp³-hybridized carbons (Fsp3) is 0.500. The monoisotopic (exact) mass is 129 g/mol. The molecule has 46 valence electrons. The lowest BCUT2D eigenvalue weighted by molar-refractivity contribution is 0.807. The normalized spacial score (nSPS) is 9.38. The van der Waals surface area contributed by atoms with Crippen molar-refractivity contribution in [2.75, 3.05) is 0 Å². The highest BCUT2D eigenvalue weighted by atomic mass is 32.1. The summed E-state index contributed by atoms with van der Waals surface area (Å²) < 4.78 is 0. The van der Waals surface area contributed by atoms with Gasteiger partial charge in [-0.05, 0) is 11.5 Å². The van der Waals surface area contributed by atoms with E-state index in [9.17, 15) is 0 Å². The molecule has 0 spiro atoms. The van der Waals surface area contributed by atoms with Crippen molar-refractivity contribution in [1.29, 1.82) is 0 Å². The van der Waals surface area contributed by atoms with Gasteiger partial charge >= 0.3 is 0 Å². The molecule has 0 aliphatic heterocycles. The smallest absolute Gasteiger partial charge is 0.0991 e. The topological polar surface area (TPSA) is 26.0 Å². The van der Waals surface area contributed by atoms with Crippen molar-refractivity contribution in [1.82, 2.24) is 0 Å². The van der Waals surface area contributed by atoms with Gasteiger partial charge in [-0.3, -0.25) is 0 Å². The van der Waals surface area contributed by atoms with Crippen molar-refractivity contribution in [3.63, 3.8) is 0 Å². The van der Waals surface area contributed by atoms with Crippen LogP contribution in [0.2, 0.25) is 0 Å². The van der Waals surface area contributed by atoms with Crippen LogP contribution in [0.15, 0.2) is 12.2 Å². The molecule has 2 N–H and O–H groups in total. The lowest BCUT2D eigenvalue weighted by Crippen LogP contribution is -2.13. The Labute approximate surface area is 55.6 Å². The number of hydrogen-bond donors (Lipinski definition) is 1. The standard InChI is InChI=1S/C6H11NS/c1-4(2)5(3)6(7)8/h4H,3H2,1-2H3,(H2,7,8). The molecule has 0 aromatic carbocycles. The molecule has 0 heterocycles. The predicted molar refractivity (Wildman–Crippen MR) is 40.8 cm³/mol. The summed E-state index contributed by atoms with van der Waals surface area (Å²) in [5.41, 5.74) is 6.13. The Bertz CT molecular complexity index is 116. The third-order valence-electron chi connectivity index (χ3n) is 1.01. The van der Waals surface area contributed by atoms with Crippen LogP contribution in [0.1, 0.15) is 13.8 Å². The lowest BCUT2D eigenvalue weighted by Gasteiger charge is -2.04. The molecule has 0 aromatic heterocycles. The Balaban J connectivity index is 3.84. The molecule has 0 bridgehead atoms. The summed E-state index contributed by atoms with van der Waals surface area (Å²) in [5, 5.41) is 0. The number of thiocarbonyl (C=S) groups is 1. The van der Waals surface area contributed by atoms with E-state index in [-0.39, 0.29) is 0 Å². The first-order valence-electron chi connectivity index (χ1n) is 2.54. The Morgan fingerprint density at radius 3 is 2.00 bits per heavy atom. The molecule has 0 rings (SSSR count). The van der Waals surface area contributed by atoms with Gasteiger partial charge in [-0.2, -0.15) is 0 Å². The third-order valence-corrected chi connectivity index (χ3v) is 1.28. The fourth-order valence-electron chi connectivity index (χ4n) is 0.285. The largest absolute Gasteiger partial charge is 0.390 e. The minimum atomic E-state index is 0.382. The second-order valence-electron chi connectivity index (χ2n) is 2.04. The van der Waals surface area contributed by atoms with Gasteiger partial charge < -0.3 is 5.73 Å². The fourth-order valence-corrected chi connectivity index (χ4v) is 0.520. The average Bonchev–Trinajstić information content (AvgIpc) is 1.64. The van der Waals surface area contributed by atoms with Crippen molar-refractivity contribution in [2.45, 2.75) is 13.8 Å². The van der Waals surface area contributed by atoms with Gasteiger partial charge in [0.05, 0.1) is 4.99 Å². The van der Waals surface area contributed by atoms with Crippen LogP contribution >= 0.6 is 12.2 Å². The quantitative estimate of drug-likeness (QED) is 0.451. The summed E-state index contributed by atoms with van der Waals surface area (Å²) in [6.45, 7) is 7.72. The molecule has 0 unspecified atom stereocenters. The van der Waals surface area contributed by atoms with E-state index in [0.717, 1.165) is 5.57 Å². The molecule has 1 nitrogen and oxygen atoms in total. The molecule has 0 aromatic rings. The molecule has 0 atom stereocenters. The van der Waals surface area contributed by atoms with Gasteiger partial charge in [0.15, 0.2) is 0 Å². The molecule has 0 radical (unpaired) electrons. The summed E-state index contributed by atoms with van der Waals surface area (Å²) in [4.78, 5) is 0.431. The average molecular weight is 129 g/mol. The van der Waals surface area contributed by atoms with Crippen LogP contribution < -0.4 is 5.73 Å². The second kappa shape index (κ2) is 2.82. The van der Waals surface area contributed by atoms with Gasteiger partial charge in [0.25, 0.3) is 0 Å². The Morgan fingerprint density at radius 2 is 2.00 bits per heavy atom. The zero-order chi connectivity index (χ0) is 6.73. The van der Waals surface area contributed by atoms with E-state index in [4.69, 9.17) is 5.73 Å². The number of hydrogen-bond acceptors (Lipinski definition) is 1. The first kappa shape index (κ1) is 7.63. The molecule has 0 aliphatic rings. The van der Waals surface area contributed by atoms with Gasteiger partial charge in [0.2, 0.25) is 0 Å². The maximum Gasteiger partial charge on any atom is 0.0991 e. The first-order valence-corrected chi connectivity index (χ1v) is 2.95. The van der Waals surface area contributed by atoms with E-state index >= 15 is 0 Å². The van der Waals surface area contributed by atoms with Crippen molar-refractivity contribution >= 4 is 17.2 Å². The highest BCUT2D eigenvalue weighted by Crippen LogP contribution is 2.05. The summed E-state index contributed by atoms with van der Waals surface area (Å²) in [6.07, 6.45) is 0. The Morgan fingerprint density at radius 1 is 1.62 bits per heavy atom. The van der Waals surface area contributed by atoms with Crippen LogP contribution in [-0.2, 0) is 0 Å². The van der Waals surface area contributed by atoms with E-state index in [2.05, 4.69) is 18.8 Å². The van der Waals surface area contributed by atoms with Gasteiger partial charge in [-0.1, -0.05) is 32.6 Å². The summed E-state index contributed by atoms with van der Waals surface area (Å²) in [7, 11) is 0. The van der Waals surface area contributed by atoms with Crippen molar-refractivity contribution in [2.24, 2.45) is 11.7 Å². The van der Waals surface area contributed by atoms with Crippen molar-refractivity contribution < 1.29 is 0 Å². The van der Waals surface area contributed by atoms with Crippen molar-refractivity contribution in [3.05, 3.63) is 12.2 Å². The van der Waals surface area contributed by atoms with Gasteiger partial charge in [-0.15, -0.1) is 0 Å². The zero-order valence-corrected chi connectivity index (χ0v) is 6.09. The molecule has 0 saturated carbocycles. The van der Waals surface area contributed by atoms with Crippen LogP contribution in [0.4, 0.5) is 0 Å². The van der Waals surface area contributed by atoms with E-state index < -0.39 is 0 Å². The summed E-state index contributed by atoms with van der Waals surface area (Å²) >= 11 is 4.67. The molecule has 0 aliphatic carbocycles. The van der Waals surface area contributed by atoms with Crippen molar-refractivity contribution in [3.8, 4) is 0 Å². The third kappa shape index (κ3) is 2.07. The van der Waals surface area contributed by atoms with Crippen LogP contribution in [0, 0.1) is 5.92 Å². The molecule has 0 amide bonds. The van der Waals surface area contributed by atoms with Gasteiger partial charge in [0.1, 0.15) is 0 Å². The maximum atomic E-state index is 5.27. The lowest BCUT2D eigenvalue weighted by atomic mass is 10.1. The SMILES string of the molecule is C=C(C(N)=S)C(C)C. The summed E-state index contributed by atoms with van der Waals surface area (Å²) in [6, 6.07) is 0. The van der Waals surface area contributed by atoms with E-state index in [1.54, 1.807) is 0 Å². The highest BCUT2D eigenvalue weighted by molar-refractivity contribution is 7.80. The van der Waals surface area contributed by atoms with Crippen LogP contribution in [-0.4, -0.2) is 4.99 Å². The molecular formula is C6H11NS. The minimum absolute atomic E-state index is 0.382. The molecular weight excluding hydrogens is 118 g/mol. The van der Waals surface area contributed by atoms with Crippen LogP contribution in [0.5, 0.6) is 0 Å². The van der Waals surface area contributed by atoms with E-state index in [1.165, 1.54) is 0 Å². The van der Waals surface area contributed by atoms with Gasteiger partial charge in [-0.25, -0.2) is 0 Å². The number of nitrogens with two attached hydrogens (primary N) is 1. The Kier molecular flexibility index (Phi) is 2.69. The molecule has 0 saturated heterocycles. The minimum Gasteiger partial charge on any atom is -0.390 e. The van der Waals surface area contributed by atoms with Gasteiger partial charge in [0, 0.05) is 0 Å². The number of rotatable bonds is 2. The predicted octanol–water partition coefficient (Wildman–Crippen LogP) is 1.48. The van der Waals surface area contributed by atoms with Crippen LogP contribution in [0.3, 0.4) is 0 Å². The molecule has 2 heteroatoms. The summed E-state index contributed by atoms with van der Waals surface area (Å²) in [5.74, 6) is 0.382. The van der Waals surface area contributed by atoms with Crippen LogP contribution in [0.25, 0.3) is 0 Å². The Hall–Kier alpha value is -0.370. The van der Waals surface area contributed by atoms with E-state index in [0.29, 0.717) is 10.9 Å². The maximum absolute atomic E-state index is 5.27. The highest BCUT2D eigenvalue weighted by Gasteiger charge is 2.00. The second-order valence-corrected chi connectivity index (χ2v) is 2.48. The van der Waals surface area contributed by atoms with E-state index in [1.807, 2.05) is 13.8 Å².